The van der Waals surface area contributed by atoms with Crippen molar-refractivity contribution in [3.63, 3.8) is 0 Å². The van der Waals surface area contributed by atoms with Gasteiger partial charge in [0.05, 0.1) is 0 Å². The lowest BCUT2D eigenvalue weighted by Crippen LogP contribution is -1.86. The zero-order valence-corrected chi connectivity index (χ0v) is 11.5. The van der Waals surface area contributed by atoms with Crippen LogP contribution < -0.4 is 0 Å². The monoisotopic (exact) mass is 322 g/mol. The van der Waals surface area contributed by atoms with Gasteiger partial charge in [-0.25, -0.2) is 0 Å². The maximum absolute atomic E-state index is 5.04. The first-order valence-electron chi connectivity index (χ1n) is 5.81. The molecule has 0 radical (unpaired) electrons. The molecule has 0 unspecified atom stereocenters. The fourth-order valence-corrected chi connectivity index (χ4v) is 1.94. The second kappa shape index (κ2) is 8.07. The van der Waals surface area contributed by atoms with Crippen LogP contribution in [-0.4, -0.2) is 10.1 Å². The van der Waals surface area contributed by atoms with Crippen molar-refractivity contribution in [3.8, 4) is 0 Å². The first-order chi connectivity index (χ1) is 7.33. The summed E-state index contributed by atoms with van der Waals surface area (Å²) < 4.78 is 5.75. The van der Waals surface area contributed by atoms with E-state index in [0.29, 0.717) is 3.83 Å². The van der Waals surface area contributed by atoms with Crippen molar-refractivity contribution in [2.45, 2.75) is 58.3 Å². The van der Waals surface area contributed by atoms with Crippen LogP contribution in [0.5, 0.6) is 0 Å². The van der Waals surface area contributed by atoms with Crippen molar-refractivity contribution in [3.05, 3.63) is 9.72 Å². The highest BCUT2D eigenvalue weighted by Gasteiger charge is 2.02. The second-order valence-electron chi connectivity index (χ2n) is 3.83. The Kier molecular flexibility index (Phi) is 6.96. The number of hydrogen-bond donors (Lipinski definition) is 0. The van der Waals surface area contributed by atoms with E-state index in [1.807, 2.05) is 0 Å². The fraction of sp³-hybridized carbons (Fsp3) is 0.818. The summed E-state index contributed by atoms with van der Waals surface area (Å²) >= 11 is 2.07. The van der Waals surface area contributed by atoms with Gasteiger partial charge in [0.1, 0.15) is 0 Å². The SMILES string of the molecule is CCCCCCCCCc1nc(I)no1. The van der Waals surface area contributed by atoms with Gasteiger partial charge in [0.2, 0.25) is 9.72 Å². The molecule has 0 aliphatic heterocycles. The van der Waals surface area contributed by atoms with Crippen LogP contribution in [0.15, 0.2) is 4.52 Å². The Morgan fingerprint density at radius 2 is 1.73 bits per heavy atom. The maximum Gasteiger partial charge on any atom is 0.232 e. The summed E-state index contributed by atoms with van der Waals surface area (Å²) in [5.41, 5.74) is 0. The van der Waals surface area contributed by atoms with E-state index in [4.69, 9.17) is 4.52 Å². The Balaban J connectivity index is 1.93. The summed E-state index contributed by atoms with van der Waals surface area (Å²) in [6, 6.07) is 0. The highest BCUT2D eigenvalue weighted by Crippen LogP contribution is 2.10. The molecule has 0 saturated heterocycles. The lowest BCUT2D eigenvalue weighted by atomic mass is 10.1. The predicted octanol–water partition coefficient (Wildman–Crippen LogP) is 3.97. The van der Waals surface area contributed by atoms with E-state index < -0.39 is 0 Å². The molecule has 15 heavy (non-hydrogen) atoms. The average molecular weight is 322 g/mol. The number of aryl methyl sites for hydroxylation is 1. The molecule has 0 aliphatic rings. The third kappa shape index (κ3) is 6.12. The maximum atomic E-state index is 5.04. The Hall–Kier alpha value is -0.130. The summed E-state index contributed by atoms with van der Waals surface area (Å²) in [5.74, 6) is 0.785. The zero-order valence-electron chi connectivity index (χ0n) is 9.34. The molecule has 0 amide bonds. The molecule has 0 spiro atoms. The predicted molar refractivity (Wildman–Crippen MR) is 68.7 cm³/mol. The second-order valence-corrected chi connectivity index (χ2v) is 4.79. The normalized spacial score (nSPS) is 10.8. The van der Waals surface area contributed by atoms with Crippen LogP contribution in [0.25, 0.3) is 0 Å². The highest BCUT2D eigenvalue weighted by molar-refractivity contribution is 14.1. The number of aromatic nitrogens is 2. The van der Waals surface area contributed by atoms with E-state index >= 15 is 0 Å². The van der Waals surface area contributed by atoms with Crippen molar-refractivity contribution >= 4 is 22.6 Å². The molecule has 1 aromatic rings. The molecule has 1 heterocycles. The molecule has 3 nitrogen and oxygen atoms in total. The topological polar surface area (TPSA) is 38.9 Å². The standard InChI is InChI=1S/C11H19IN2O/c1-2-3-4-5-6-7-8-9-10-13-11(12)14-15-10/h2-9H2,1H3. The van der Waals surface area contributed by atoms with Gasteiger partial charge in [-0.3, -0.25) is 0 Å². The van der Waals surface area contributed by atoms with E-state index in [2.05, 4.69) is 39.7 Å². The Labute approximate surface area is 105 Å². The van der Waals surface area contributed by atoms with Gasteiger partial charge in [0.25, 0.3) is 0 Å². The van der Waals surface area contributed by atoms with E-state index in [1.165, 1.54) is 44.9 Å². The van der Waals surface area contributed by atoms with Crippen LogP contribution in [0.3, 0.4) is 0 Å². The fourth-order valence-electron chi connectivity index (χ4n) is 1.57. The molecule has 0 saturated carbocycles. The number of rotatable bonds is 8. The van der Waals surface area contributed by atoms with Crippen LogP contribution >= 0.6 is 22.6 Å². The number of nitrogens with zero attached hydrogens (tertiary/aromatic N) is 2. The van der Waals surface area contributed by atoms with Gasteiger partial charge in [-0.2, -0.15) is 4.98 Å². The minimum atomic E-state index is 0.713. The summed E-state index contributed by atoms with van der Waals surface area (Å²) in [7, 11) is 0. The third-order valence-electron chi connectivity index (χ3n) is 2.44. The largest absolute Gasteiger partial charge is 0.339 e. The van der Waals surface area contributed by atoms with Gasteiger partial charge in [0.15, 0.2) is 0 Å². The van der Waals surface area contributed by atoms with Gasteiger partial charge < -0.3 is 4.52 Å². The van der Waals surface area contributed by atoms with E-state index in [0.717, 1.165) is 12.3 Å². The van der Waals surface area contributed by atoms with Crippen LogP contribution in [-0.2, 0) is 6.42 Å². The molecule has 0 bridgehead atoms. The molecule has 0 fully saturated rings. The quantitative estimate of drug-likeness (QED) is 0.537. The van der Waals surface area contributed by atoms with E-state index in [1.54, 1.807) is 0 Å². The molecule has 0 aliphatic carbocycles. The summed E-state index contributed by atoms with van der Waals surface area (Å²) in [6.45, 7) is 2.25. The van der Waals surface area contributed by atoms with Crippen LogP contribution in [0, 0.1) is 3.83 Å². The Morgan fingerprint density at radius 1 is 1.07 bits per heavy atom. The number of unbranched alkanes of at least 4 members (excludes halogenated alkanes) is 6. The van der Waals surface area contributed by atoms with Gasteiger partial charge in [-0.15, -0.1) is 0 Å². The average Bonchev–Trinajstić information content (AvgIpc) is 2.63. The molecule has 1 aromatic heterocycles. The molecule has 86 valence electrons. The Morgan fingerprint density at radius 3 is 2.33 bits per heavy atom. The van der Waals surface area contributed by atoms with Crippen LogP contribution in [0.1, 0.15) is 57.8 Å². The summed E-state index contributed by atoms with van der Waals surface area (Å²) in [5, 5.41) is 3.76. The molecule has 0 aromatic carbocycles. The highest BCUT2D eigenvalue weighted by atomic mass is 127. The molecular weight excluding hydrogens is 303 g/mol. The summed E-state index contributed by atoms with van der Waals surface area (Å²) in [6.07, 6.45) is 10.2. The first kappa shape index (κ1) is 12.9. The molecule has 4 heteroatoms. The van der Waals surface area contributed by atoms with E-state index in [9.17, 15) is 0 Å². The zero-order chi connectivity index (χ0) is 10.9. The minimum Gasteiger partial charge on any atom is -0.339 e. The summed E-state index contributed by atoms with van der Waals surface area (Å²) in [4.78, 5) is 4.17. The van der Waals surface area contributed by atoms with Crippen molar-refractivity contribution in [2.75, 3.05) is 0 Å². The van der Waals surface area contributed by atoms with Crippen molar-refractivity contribution in [1.29, 1.82) is 0 Å². The minimum absolute atomic E-state index is 0.713. The lowest BCUT2D eigenvalue weighted by Gasteiger charge is -1.98. The van der Waals surface area contributed by atoms with E-state index in [-0.39, 0.29) is 0 Å². The number of halogens is 1. The lowest BCUT2D eigenvalue weighted by molar-refractivity contribution is 0.370. The number of hydrogen-bond acceptors (Lipinski definition) is 3. The smallest absolute Gasteiger partial charge is 0.232 e. The van der Waals surface area contributed by atoms with Gasteiger partial charge >= 0.3 is 0 Å². The molecule has 1 rings (SSSR count). The van der Waals surface area contributed by atoms with Crippen molar-refractivity contribution < 1.29 is 4.52 Å². The molecule has 0 N–H and O–H groups in total. The van der Waals surface area contributed by atoms with Crippen molar-refractivity contribution in [2.24, 2.45) is 0 Å². The molecular formula is C11H19IN2O. The Bertz CT molecular complexity index is 263. The van der Waals surface area contributed by atoms with Gasteiger partial charge in [-0.05, 0) is 6.42 Å². The first-order valence-corrected chi connectivity index (χ1v) is 6.89. The molecule has 0 atom stereocenters. The third-order valence-corrected chi connectivity index (χ3v) is 2.88. The van der Waals surface area contributed by atoms with Gasteiger partial charge in [-0.1, -0.05) is 50.6 Å². The van der Waals surface area contributed by atoms with Crippen LogP contribution in [0.4, 0.5) is 0 Å². The van der Waals surface area contributed by atoms with Crippen LogP contribution in [0.2, 0.25) is 0 Å². The van der Waals surface area contributed by atoms with Crippen molar-refractivity contribution in [1.82, 2.24) is 10.1 Å². The van der Waals surface area contributed by atoms with Gasteiger partial charge in [0, 0.05) is 29.0 Å².